The summed E-state index contributed by atoms with van der Waals surface area (Å²) in [5.74, 6) is -2.36. The van der Waals surface area contributed by atoms with E-state index in [9.17, 15) is 28.8 Å². The standard InChI is InChI=1S/C20H29N5O6.C3H8.C2H6/c1-12-9-15(26)23(18(12)29)6-3-22(4-7-24-16(27)10-13(2)19(24)30)5-8-25-17(28)11-14(21)20(25)31;1-3-2;1-2/h12-14H,3-11,21H2,1-2H3;3H2,1-2H3;1-2H3. The minimum Gasteiger partial charge on any atom is -0.319 e. The van der Waals surface area contributed by atoms with Gasteiger partial charge in [0.1, 0.15) is 0 Å². The van der Waals surface area contributed by atoms with Crippen LogP contribution in [0.3, 0.4) is 0 Å². The highest BCUT2D eigenvalue weighted by Crippen LogP contribution is 2.20. The van der Waals surface area contributed by atoms with E-state index in [4.69, 9.17) is 5.73 Å². The maximum atomic E-state index is 12.2. The average molecular weight is 510 g/mol. The molecule has 0 aliphatic carbocycles. The molecule has 3 rings (SSSR count). The summed E-state index contributed by atoms with van der Waals surface area (Å²) in [5, 5.41) is 0. The van der Waals surface area contributed by atoms with Gasteiger partial charge in [0.05, 0.1) is 12.5 Å². The van der Waals surface area contributed by atoms with Gasteiger partial charge in [0, 0.05) is 63.9 Å². The van der Waals surface area contributed by atoms with Gasteiger partial charge in [0.2, 0.25) is 35.4 Å². The Bertz CT molecular complexity index is 727. The molecule has 3 atom stereocenters. The molecule has 3 fully saturated rings. The molecule has 0 aromatic rings. The molecule has 3 saturated heterocycles. The van der Waals surface area contributed by atoms with Crippen molar-refractivity contribution < 1.29 is 28.8 Å². The van der Waals surface area contributed by atoms with Crippen LogP contribution in [0, 0.1) is 11.8 Å². The molecule has 3 unspecified atom stereocenters. The second kappa shape index (κ2) is 14.8. The molecule has 3 aliphatic rings. The molecule has 0 aromatic heterocycles. The molecule has 0 saturated carbocycles. The van der Waals surface area contributed by atoms with Gasteiger partial charge in [0.15, 0.2) is 0 Å². The quantitative estimate of drug-likeness (QED) is 0.446. The SMILES string of the molecule is CC.CC1CC(=O)N(CCN(CCN2C(=O)CC(C)C2=O)CCN2C(=O)CC(N)C2=O)C1=O.CCC. The average Bonchev–Trinajstić information content (AvgIpc) is 3.33. The maximum Gasteiger partial charge on any atom is 0.246 e. The number of amides is 6. The Morgan fingerprint density at radius 2 is 0.972 bits per heavy atom. The maximum absolute atomic E-state index is 12.2. The highest BCUT2D eigenvalue weighted by Gasteiger charge is 2.38. The molecule has 36 heavy (non-hydrogen) atoms. The molecule has 2 N–H and O–H groups in total. The van der Waals surface area contributed by atoms with Gasteiger partial charge in [-0.1, -0.05) is 48.0 Å². The zero-order chi connectivity index (χ0) is 27.6. The summed E-state index contributed by atoms with van der Waals surface area (Å²) in [6.07, 6.45) is 1.59. The van der Waals surface area contributed by atoms with E-state index >= 15 is 0 Å². The van der Waals surface area contributed by atoms with Crippen molar-refractivity contribution in [2.75, 3.05) is 39.3 Å². The second-order valence-electron chi connectivity index (χ2n) is 9.22. The van der Waals surface area contributed by atoms with Crippen molar-refractivity contribution in [2.45, 2.75) is 73.3 Å². The number of nitrogens with two attached hydrogens (primary N) is 1. The smallest absolute Gasteiger partial charge is 0.246 e. The van der Waals surface area contributed by atoms with Crippen LogP contribution in [0.5, 0.6) is 0 Å². The zero-order valence-corrected chi connectivity index (χ0v) is 22.6. The molecule has 0 radical (unpaired) electrons. The molecule has 11 nitrogen and oxygen atoms in total. The summed E-state index contributed by atoms with van der Waals surface area (Å²) >= 11 is 0. The van der Waals surface area contributed by atoms with E-state index in [1.165, 1.54) is 16.2 Å². The molecule has 0 spiro atoms. The summed E-state index contributed by atoms with van der Waals surface area (Å²) < 4.78 is 0. The van der Waals surface area contributed by atoms with Gasteiger partial charge in [-0.2, -0.15) is 0 Å². The van der Waals surface area contributed by atoms with Crippen LogP contribution in [0.25, 0.3) is 0 Å². The van der Waals surface area contributed by atoms with Gasteiger partial charge in [-0.3, -0.25) is 48.4 Å². The Balaban J connectivity index is 0.00000120. The van der Waals surface area contributed by atoms with Gasteiger partial charge >= 0.3 is 0 Å². The number of nitrogens with zero attached hydrogens (tertiary/aromatic N) is 4. The number of carbonyl (C=O) groups excluding carboxylic acids is 6. The summed E-state index contributed by atoms with van der Waals surface area (Å²) in [7, 11) is 0. The normalized spacial score (nSPS) is 24.0. The van der Waals surface area contributed by atoms with Crippen LogP contribution in [0.15, 0.2) is 0 Å². The monoisotopic (exact) mass is 509 g/mol. The third-order valence-corrected chi connectivity index (χ3v) is 6.14. The van der Waals surface area contributed by atoms with Gasteiger partial charge < -0.3 is 5.73 Å². The van der Waals surface area contributed by atoms with E-state index in [1.807, 2.05) is 18.7 Å². The summed E-state index contributed by atoms with van der Waals surface area (Å²) in [5.41, 5.74) is 5.65. The van der Waals surface area contributed by atoms with Gasteiger partial charge in [-0.05, 0) is 0 Å². The summed E-state index contributed by atoms with van der Waals surface area (Å²) in [4.78, 5) is 78.0. The molecular weight excluding hydrogens is 466 g/mol. The third kappa shape index (κ3) is 7.92. The van der Waals surface area contributed by atoms with Crippen LogP contribution >= 0.6 is 0 Å². The molecule has 11 heteroatoms. The van der Waals surface area contributed by atoms with E-state index < -0.39 is 11.9 Å². The summed E-state index contributed by atoms with van der Waals surface area (Å²) in [6.45, 7) is 13.0. The van der Waals surface area contributed by atoms with E-state index in [0.29, 0.717) is 13.1 Å². The van der Waals surface area contributed by atoms with Crippen molar-refractivity contribution in [2.24, 2.45) is 17.6 Å². The van der Waals surface area contributed by atoms with Crippen LogP contribution in [-0.4, -0.2) is 100 Å². The van der Waals surface area contributed by atoms with E-state index in [-0.39, 0.29) is 86.8 Å². The van der Waals surface area contributed by atoms with Gasteiger partial charge in [-0.25, -0.2) is 0 Å². The highest BCUT2D eigenvalue weighted by atomic mass is 16.2. The molecule has 3 heterocycles. The fourth-order valence-corrected chi connectivity index (χ4v) is 4.17. The van der Waals surface area contributed by atoms with Crippen LogP contribution in [0.2, 0.25) is 0 Å². The lowest BCUT2D eigenvalue weighted by Crippen LogP contribution is -2.46. The number of carbonyl (C=O) groups is 6. The highest BCUT2D eigenvalue weighted by molar-refractivity contribution is 6.05. The lowest BCUT2D eigenvalue weighted by molar-refractivity contribution is -0.140. The molecular formula is C25H43N5O6. The molecule has 204 valence electrons. The van der Waals surface area contributed by atoms with Crippen molar-refractivity contribution in [3.8, 4) is 0 Å². The third-order valence-electron chi connectivity index (χ3n) is 6.14. The van der Waals surface area contributed by atoms with Crippen LogP contribution < -0.4 is 5.73 Å². The van der Waals surface area contributed by atoms with Crippen LogP contribution in [0.4, 0.5) is 0 Å². The fourth-order valence-electron chi connectivity index (χ4n) is 4.17. The van der Waals surface area contributed by atoms with Crippen LogP contribution in [-0.2, 0) is 28.8 Å². The molecule has 3 aliphatic heterocycles. The Morgan fingerprint density at radius 1 is 0.667 bits per heavy atom. The topological polar surface area (TPSA) is 141 Å². The Labute approximate surface area is 214 Å². The predicted molar refractivity (Wildman–Crippen MR) is 134 cm³/mol. The minimum absolute atomic E-state index is 0.0256. The van der Waals surface area contributed by atoms with Gasteiger partial charge in [-0.15, -0.1) is 0 Å². The largest absolute Gasteiger partial charge is 0.319 e. The zero-order valence-electron chi connectivity index (χ0n) is 22.6. The number of hydrogen-bond acceptors (Lipinski definition) is 8. The minimum atomic E-state index is -0.830. The number of imide groups is 3. The van der Waals surface area contributed by atoms with Crippen molar-refractivity contribution in [3.05, 3.63) is 0 Å². The first-order valence-electron chi connectivity index (χ1n) is 13.0. The van der Waals surface area contributed by atoms with Crippen molar-refractivity contribution in [1.29, 1.82) is 0 Å². The first-order chi connectivity index (χ1) is 17.0. The van der Waals surface area contributed by atoms with E-state index in [2.05, 4.69) is 13.8 Å². The van der Waals surface area contributed by atoms with Crippen molar-refractivity contribution >= 4 is 35.4 Å². The first-order valence-corrected chi connectivity index (χ1v) is 13.0. The Kier molecular flexibility index (Phi) is 12.9. The lowest BCUT2D eigenvalue weighted by atomic mass is 10.1. The number of likely N-dealkylation sites (tertiary alicyclic amines) is 3. The second-order valence-corrected chi connectivity index (χ2v) is 9.22. The van der Waals surface area contributed by atoms with E-state index in [1.54, 1.807) is 13.8 Å². The number of hydrogen-bond donors (Lipinski definition) is 1. The summed E-state index contributed by atoms with van der Waals surface area (Å²) in [6, 6.07) is -0.830. The first kappa shape index (κ1) is 31.4. The van der Waals surface area contributed by atoms with Crippen molar-refractivity contribution in [3.63, 3.8) is 0 Å². The van der Waals surface area contributed by atoms with Crippen molar-refractivity contribution in [1.82, 2.24) is 19.6 Å². The van der Waals surface area contributed by atoms with Gasteiger partial charge in [0.25, 0.3) is 0 Å². The van der Waals surface area contributed by atoms with E-state index in [0.717, 1.165) is 4.90 Å². The Morgan fingerprint density at radius 3 is 1.22 bits per heavy atom. The molecule has 6 amide bonds. The molecule has 0 bridgehead atoms. The van der Waals surface area contributed by atoms with Crippen LogP contribution in [0.1, 0.15) is 67.2 Å². The number of rotatable bonds is 9. The predicted octanol–water partition coefficient (Wildman–Crippen LogP) is 0.607. The Hall–Kier alpha value is -2.66. The molecule has 0 aromatic carbocycles. The fraction of sp³-hybridized carbons (Fsp3) is 0.760. The lowest BCUT2D eigenvalue weighted by Gasteiger charge is -2.28.